The minimum atomic E-state index is 0.331. The van der Waals surface area contributed by atoms with Gasteiger partial charge < -0.3 is 22.2 Å². The Balaban J connectivity index is 1.44. The van der Waals surface area contributed by atoms with Crippen LogP contribution in [0, 0.1) is 11.3 Å². The van der Waals surface area contributed by atoms with E-state index in [9.17, 15) is 0 Å². The summed E-state index contributed by atoms with van der Waals surface area (Å²) in [5, 5.41) is 11.4. The lowest BCUT2D eigenvalue weighted by Gasteiger charge is -2.26. The highest BCUT2D eigenvalue weighted by Crippen LogP contribution is 2.57. The van der Waals surface area contributed by atoms with Crippen LogP contribution < -0.4 is 16.8 Å². The zero-order valence-corrected chi connectivity index (χ0v) is 14.9. The van der Waals surface area contributed by atoms with Crippen LogP contribution in [-0.4, -0.2) is 24.8 Å². The zero-order chi connectivity index (χ0) is 17.4. The third kappa shape index (κ3) is 3.02. The van der Waals surface area contributed by atoms with Crippen molar-refractivity contribution in [1.29, 1.82) is 5.41 Å². The molecule has 4 heteroatoms. The van der Waals surface area contributed by atoms with E-state index in [1.807, 2.05) is 0 Å². The second-order valence-corrected chi connectivity index (χ2v) is 8.24. The minimum Gasteiger partial charge on any atom is -0.404 e. The Hall–Kier alpha value is -1.65. The fraction of sp³-hybridized carbons (Fsp3) is 0.571. The highest BCUT2D eigenvalue weighted by atomic mass is 15.0. The van der Waals surface area contributed by atoms with Gasteiger partial charge in [-0.2, -0.15) is 0 Å². The average Bonchev–Trinajstić information content (AvgIpc) is 3.23. The fourth-order valence-electron chi connectivity index (χ4n) is 5.01. The number of hydrogen-bond acceptors (Lipinski definition) is 4. The van der Waals surface area contributed by atoms with Crippen LogP contribution in [0.2, 0.25) is 0 Å². The van der Waals surface area contributed by atoms with E-state index in [1.54, 1.807) is 0 Å². The number of nitrogens with two attached hydrogens (primary N) is 2. The molecule has 0 aromatic heterocycles. The van der Waals surface area contributed by atoms with E-state index in [4.69, 9.17) is 16.9 Å². The van der Waals surface area contributed by atoms with E-state index < -0.39 is 0 Å². The summed E-state index contributed by atoms with van der Waals surface area (Å²) in [6.07, 6.45) is 11.5. The average molecular weight is 338 g/mol. The lowest BCUT2D eigenvalue weighted by molar-refractivity contribution is 0.311. The Morgan fingerprint density at radius 2 is 2.08 bits per heavy atom. The number of rotatable bonds is 5. The van der Waals surface area contributed by atoms with E-state index in [0.29, 0.717) is 17.5 Å². The monoisotopic (exact) mass is 338 g/mol. The summed E-state index contributed by atoms with van der Waals surface area (Å²) in [4.78, 5) is 0. The van der Waals surface area contributed by atoms with Gasteiger partial charge in [0.25, 0.3) is 0 Å². The fourth-order valence-corrected chi connectivity index (χ4v) is 5.01. The molecular formula is C21H30N4. The van der Waals surface area contributed by atoms with Crippen molar-refractivity contribution in [1.82, 2.24) is 5.32 Å². The molecule has 0 amide bonds. The first kappa shape index (κ1) is 16.8. The van der Waals surface area contributed by atoms with Crippen molar-refractivity contribution < 1.29 is 0 Å². The first-order chi connectivity index (χ1) is 12.2. The maximum Gasteiger partial charge on any atom is 0.0270 e. The summed E-state index contributed by atoms with van der Waals surface area (Å²) < 4.78 is 0. The molecule has 1 aromatic rings. The van der Waals surface area contributed by atoms with Gasteiger partial charge in [0.05, 0.1) is 0 Å². The van der Waals surface area contributed by atoms with Gasteiger partial charge in [0, 0.05) is 35.5 Å². The number of nitrogens with one attached hydrogen (secondary N) is 2. The third-order valence-corrected chi connectivity index (χ3v) is 6.77. The molecule has 1 aromatic carbocycles. The number of benzene rings is 1. The van der Waals surface area contributed by atoms with Gasteiger partial charge in [-0.3, -0.25) is 0 Å². The third-order valence-electron chi connectivity index (χ3n) is 6.77. The van der Waals surface area contributed by atoms with Gasteiger partial charge in [0.1, 0.15) is 0 Å². The van der Waals surface area contributed by atoms with Crippen LogP contribution in [-0.2, 0) is 11.8 Å². The number of fused-ring (bicyclic) bond motifs is 2. The molecule has 134 valence electrons. The Morgan fingerprint density at radius 3 is 2.80 bits per heavy atom. The molecule has 3 aliphatic carbocycles. The summed E-state index contributed by atoms with van der Waals surface area (Å²) in [7, 11) is 0. The summed E-state index contributed by atoms with van der Waals surface area (Å²) in [5.41, 5.74) is 16.9. The molecule has 0 heterocycles. The first-order valence-electron chi connectivity index (χ1n) is 9.71. The molecule has 6 N–H and O–H groups in total. The zero-order valence-electron chi connectivity index (χ0n) is 14.9. The predicted molar refractivity (Wildman–Crippen MR) is 104 cm³/mol. The van der Waals surface area contributed by atoms with Crippen LogP contribution in [0.4, 0.5) is 0 Å². The topological polar surface area (TPSA) is 87.9 Å². The molecule has 0 aliphatic heterocycles. The Kier molecular flexibility index (Phi) is 4.42. The Morgan fingerprint density at radius 1 is 1.28 bits per heavy atom. The lowest BCUT2D eigenvalue weighted by Crippen LogP contribution is -2.34. The first-order valence-corrected chi connectivity index (χ1v) is 9.71. The SMILES string of the molecule is N=CC(=CN)c1ccc2c(c1)C1(CC2)CC1NCC1CCC(N)CC1. The molecule has 3 aliphatic rings. The molecule has 4 rings (SSSR count). The summed E-state index contributed by atoms with van der Waals surface area (Å²) in [5.74, 6) is 0.800. The molecule has 2 unspecified atom stereocenters. The van der Waals surface area contributed by atoms with Crippen LogP contribution in [0.1, 0.15) is 55.2 Å². The van der Waals surface area contributed by atoms with E-state index in [0.717, 1.165) is 23.6 Å². The number of allylic oxidation sites excluding steroid dienone is 1. The van der Waals surface area contributed by atoms with Crippen molar-refractivity contribution in [3.05, 3.63) is 41.1 Å². The second kappa shape index (κ2) is 6.58. The molecule has 2 atom stereocenters. The van der Waals surface area contributed by atoms with E-state index >= 15 is 0 Å². The van der Waals surface area contributed by atoms with Gasteiger partial charge in [0.15, 0.2) is 0 Å². The summed E-state index contributed by atoms with van der Waals surface area (Å²) >= 11 is 0. The molecular weight excluding hydrogens is 308 g/mol. The highest BCUT2D eigenvalue weighted by Gasteiger charge is 2.57. The second-order valence-electron chi connectivity index (χ2n) is 8.24. The van der Waals surface area contributed by atoms with Crippen LogP contribution in [0.25, 0.3) is 5.57 Å². The van der Waals surface area contributed by atoms with Crippen LogP contribution >= 0.6 is 0 Å². The molecule has 1 spiro atoms. The van der Waals surface area contributed by atoms with Crippen molar-refractivity contribution in [3.63, 3.8) is 0 Å². The minimum absolute atomic E-state index is 0.331. The van der Waals surface area contributed by atoms with Crippen LogP contribution in [0.5, 0.6) is 0 Å². The van der Waals surface area contributed by atoms with Crippen LogP contribution in [0.3, 0.4) is 0 Å². The normalized spacial score (nSPS) is 34.1. The van der Waals surface area contributed by atoms with Crippen LogP contribution in [0.15, 0.2) is 24.4 Å². The van der Waals surface area contributed by atoms with Gasteiger partial charge >= 0.3 is 0 Å². The Labute approximate surface area is 150 Å². The van der Waals surface area contributed by atoms with Gasteiger partial charge in [-0.1, -0.05) is 18.2 Å². The van der Waals surface area contributed by atoms with E-state index in [-0.39, 0.29) is 0 Å². The lowest BCUT2D eigenvalue weighted by atomic mass is 9.86. The maximum atomic E-state index is 7.55. The molecule has 0 saturated heterocycles. The van der Waals surface area contributed by atoms with Crippen molar-refractivity contribution in [2.45, 2.75) is 62.4 Å². The van der Waals surface area contributed by atoms with E-state index in [2.05, 4.69) is 23.5 Å². The molecule has 0 bridgehead atoms. The smallest absolute Gasteiger partial charge is 0.0270 e. The van der Waals surface area contributed by atoms with Crippen molar-refractivity contribution in [2.24, 2.45) is 17.4 Å². The van der Waals surface area contributed by atoms with Gasteiger partial charge in [-0.25, -0.2) is 0 Å². The highest BCUT2D eigenvalue weighted by molar-refractivity contribution is 6.08. The molecule has 0 radical (unpaired) electrons. The predicted octanol–water partition coefficient (Wildman–Crippen LogP) is 2.70. The van der Waals surface area contributed by atoms with Gasteiger partial charge in [-0.15, -0.1) is 0 Å². The molecule has 2 fully saturated rings. The molecule has 25 heavy (non-hydrogen) atoms. The van der Waals surface area contributed by atoms with Gasteiger partial charge in [0.2, 0.25) is 0 Å². The summed E-state index contributed by atoms with van der Waals surface area (Å²) in [6.45, 7) is 1.14. The molecule has 4 nitrogen and oxygen atoms in total. The molecule has 2 saturated carbocycles. The standard InChI is InChI=1S/C21H30N4/c22-11-17(12-23)16-4-3-15-7-8-21(19(15)9-16)10-20(21)25-13-14-1-5-18(24)6-2-14/h3-4,9,11-12,14,18,20,22,25H,1-2,5-8,10,13,23-24H2. The summed E-state index contributed by atoms with van der Waals surface area (Å²) in [6, 6.07) is 7.68. The van der Waals surface area contributed by atoms with Crippen molar-refractivity contribution in [3.8, 4) is 0 Å². The van der Waals surface area contributed by atoms with Crippen molar-refractivity contribution in [2.75, 3.05) is 6.54 Å². The number of aryl methyl sites for hydroxylation is 1. The Bertz CT molecular complexity index is 687. The number of hydrogen-bond donors (Lipinski definition) is 4. The van der Waals surface area contributed by atoms with Gasteiger partial charge in [-0.05, 0) is 74.1 Å². The van der Waals surface area contributed by atoms with E-state index in [1.165, 1.54) is 68.5 Å². The van der Waals surface area contributed by atoms with Crippen molar-refractivity contribution >= 4 is 11.8 Å². The quantitative estimate of drug-likeness (QED) is 0.623. The largest absolute Gasteiger partial charge is 0.404 e. The maximum absolute atomic E-state index is 7.55.